The Labute approximate surface area is 197 Å². The van der Waals surface area contributed by atoms with Gasteiger partial charge in [0.25, 0.3) is 0 Å². The molecular formula is C19H13Cl2F4N5O2S. The lowest BCUT2D eigenvalue weighted by molar-refractivity contribution is -0.137. The van der Waals surface area contributed by atoms with Crippen LogP contribution in [0.4, 0.5) is 17.6 Å². The molecule has 0 aliphatic carbocycles. The van der Waals surface area contributed by atoms with Gasteiger partial charge in [-0.15, -0.1) is 10.2 Å². The van der Waals surface area contributed by atoms with E-state index in [4.69, 9.17) is 38.8 Å². The molecule has 3 N–H and O–H groups in total. The number of pyridine rings is 1. The van der Waals surface area contributed by atoms with E-state index in [2.05, 4.69) is 15.2 Å². The molecule has 174 valence electrons. The number of imidazole rings is 1. The highest BCUT2D eigenvalue weighted by molar-refractivity contribution is 7.18. The van der Waals surface area contributed by atoms with Crippen LogP contribution in [-0.2, 0) is 6.18 Å². The van der Waals surface area contributed by atoms with Gasteiger partial charge in [-0.1, -0.05) is 34.5 Å². The number of hydrogen-bond acceptors (Lipinski definition) is 7. The summed E-state index contributed by atoms with van der Waals surface area (Å²) in [7, 11) is 0. The number of fused-ring (bicyclic) bond motifs is 1. The average Bonchev–Trinajstić information content (AvgIpc) is 3.40. The first kappa shape index (κ1) is 23.6. The van der Waals surface area contributed by atoms with Crippen LogP contribution in [-0.4, -0.2) is 43.9 Å². The van der Waals surface area contributed by atoms with Crippen molar-refractivity contribution in [2.75, 3.05) is 13.2 Å². The first-order chi connectivity index (χ1) is 15.6. The fourth-order valence-corrected chi connectivity index (χ4v) is 4.19. The van der Waals surface area contributed by atoms with Crippen LogP contribution in [0.3, 0.4) is 0 Å². The molecule has 4 aromatic rings. The van der Waals surface area contributed by atoms with Crippen LogP contribution < -0.4 is 10.5 Å². The lowest BCUT2D eigenvalue weighted by Gasteiger charge is -2.12. The predicted octanol–water partition coefficient (Wildman–Crippen LogP) is 4.68. The number of benzene rings is 1. The second kappa shape index (κ2) is 9.03. The van der Waals surface area contributed by atoms with Crippen LogP contribution in [0.5, 0.6) is 5.75 Å². The highest BCUT2D eigenvalue weighted by Gasteiger charge is 2.32. The summed E-state index contributed by atoms with van der Waals surface area (Å²) >= 11 is 13.2. The summed E-state index contributed by atoms with van der Waals surface area (Å²) in [4.78, 5) is 4.23. The van der Waals surface area contributed by atoms with E-state index in [0.29, 0.717) is 0 Å². The Hall–Kier alpha value is -2.51. The highest BCUT2D eigenvalue weighted by atomic mass is 35.5. The lowest BCUT2D eigenvalue weighted by atomic mass is 10.2. The third-order valence-electron chi connectivity index (χ3n) is 4.42. The Balaban J connectivity index is 1.65. The van der Waals surface area contributed by atoms with E-state index in [9.17, 15) is 17.6 Å². The van der Waals surface area contributed by atoms with Gasteiger partial charge in [-0.05, 0) is 12.1 Å². The Morgan fingerprint density at radius 1 is 1.12 bits per heavy atom. The van der Waals surface area contributed by atoms with Gasteiger partial charge in [-0.2, -0.15) is 13.2 Å². The number of aliphatic hydroxyl groups is 1. The quantitative estimate of drug-likeness (QED) is 0.357. The summed E-state index contributed by atoms with van der Waals surface area (Å²) in [6.45, 7) is -0.439. The summed E-state index contributed by atoms with van der Waals surface area (Å²) in [6, 6.07) is 2.47. The highest BCUT2D eigenvalue weighted by Crippen LogP contribution is 2.38. The largest absolute Gasteiger partial charge is 0.489 e. The molecule has 7 nitrogen and oxygen atoms in total. The average molecular weight is 522 g/mol. The van der Waals surface area contributed by atoms with E-state index in [1.54, 1.807) is 0 Å². The molecular weight excluding hydrogens is 509 g/mol. The van der Waals surface area contributed by atoms with Gasteiger partial charge in [0, 0.05) is 24.0 Å². The van der Waals surface area contributed by atoms with Crippen LogP contribution >= 0.6 is 34.5 Å². The second-order valence-electron chi connectivity index (χ2n) is 6.86. The molecule has 3 heterocycles. The molecule has 0 radical (unpaired) electrons. The molecule has 0 saturated heterocycles. The molecule has 0 saturated carbocycles. The third-order valence-corrected chi connectivity index (χ3v) is 5.99. The number of hydrogen-bond donors (Lipinski definition) is 2. The van der Waals surface area contributed by atoms with Gasteiger partial charge in [-0.25, -0.2) is 9.37 Å². The molecule has 0 fully saturated rings. The zero-order valence-corrected chi connectivity index (χ0v) is 18.6. The van der Waals surface area contributed by atoms with Crippen molar-refractivity contribution in [1.82, 2.24) is 19.6 Å². The van der Waals surface area contributed by atoms with Crippen LogP contribution in [0.1, 0.15) is 5.56 Å². The topological polar surface area (TPSA) is 98.6 Å². The summed E-state index contributed by atoms with van der Waals surface area (Å²) in [5.74, 6) is -0.872. The van der Waals surface area contributed by atoms with Crippen molar-refractivity contribution in [3.63, 3.8) is 0 Å². The minimum atomic E-state index is -4.57. The van der Waals surface area contributed by atoms with Crippen molar-refractivity contribution in [1.29, 1.82) is 0 Å². The standard InChI is InChI=1S/C19H13Cl2F4N5O2S/c20-11-3-15(32-7-9(26)6-31)13(22)2-10(11)17-28-29-18(33-17)14-5-30-4-8(19(23,24)25)1-12(21)16(30)27-14/h1-5,9,31H,6-7,26H2/t9-/m1/s1. The summed E-state index contributed by atoms with van der Waals surface area (Å²) in [5, 5.41) is 17.4. The molecule has 0 bridgehead atoms. The fraction of sp³-hybridized carbons (Fsp3) is 0.211. The zero-order valence-electron chi connectivity index (χ0n) is 16.3. The molecule has 3 aromatic heterocycles. The smallest absolute Gasteiger partial charge is 0.417 e. The number of rotatable bonds is 6. The van der Waals surface area contributed by atoms with Crippen LogP contribution in [0.15, 0.2) is 30.6 Å². The summed E-state index contributed by atoms with van der Waals surface area (Å²) in [6.07, 6.45) is -2.37. The van der Waals surface area contributed by atoms with Crippen LogP contribution in [0, 0.1) is 5.82 Å². The lowest BCUT2D eigenvalue weighted by Crippen LogP contribution is -2.31. The maximum absolute atomic E-state index is 14.5. The Morgan fingerprint density at radius 3 is 2.55 bits per heavy atom. The first-order valence-electron chi connectivity index (χ1n) is 9.14. The summed E-state index contributed by atoms with van der Waals surface area (Å²) < 4.78 is 60.0. The number of aliphatic hydroxyl groups excluding tert-OH is 1. The molecule has 0 amide bonds. The van der Waals surface area contributed by atoms with E-state index in [1.165, 1.54) is 12.3 Å². The minimum Gasteiger partial charge on any atom is -0.489 e. The third kappa shape index (κ3) is 4.89. The van der Waals surface area contributed by atoms with E-state index in [0.717, 1.165) is 34.1 Å². The first-order valence-corrected chi connectivity index (χ1v) is 10.7. The predicted molar refractivity (Wildman–Crippen MR) is 115 cm³/mol. The van der Waals surface area contributed by atoms with Gasteiger partial charge in [0.1, 0.15) is 17.3 Å². The number of nitrogens with zero attached hydrogens (tertiary/aromatic N) is 4. The Morgan fingerprint density at radius 2 is 1.85 bits per heavy atom. The second-order valence-corrected chi connectivity index (χ2v) is 8.65. The number of halogens is 6. The molecule has 33 heavy (non-hydrogen) atoms. The van der Waals surface area contributed by atoms with Crippen molar-refractivity contribution >= 4 is 40.2 Å². The van der Waals surface area contributed by atoms with Gasteiger partial charge < -0.3 is 20.0 Å². The number of nitrogens with two attached hydrogens (primary N) is 1. The fourth-order valence-electron chi connectivity index (χ4n) is 2.80. The normalized spacial score (nSPS) is 13.0. The zero-order chi connectivity index (χ0) is 23.9. The number of ether oxygens (including phenoxy) is 1. The molecule has 1 aromatic carbocycles. The van der Waals surface area contributed by atoms with Crippen LogP contribution in [0.25, 0.3) is 26.9 Å². The van der Waals surface area contributed by atoms with Gasteiger partial charge >= 0.3 is 6.18 Å². The van der Waals surface area contributed by atoms with E-state index < -0.39 is 23.6 Å². The monoisotopic (exact) mass is 521 g/mol. The van der Waals surface area contributed by atoms with Gasteiger partial charge in [-0.3, -0.25) is 0 Å². The molecule has 0 aliphatic rings. The van der Waals surface area contributed by atoms with Crippen molar-refractivity contribution in [3.8, 4) is 27.0 Å². The van der Waals surface area contributed by atoms with Crippen molar-refractivity contribution < 1.29 is 27.4 Å². The van der Waals surface area contributed by atoms with E-state index in [1.807, 2.05) is 0 Å². The number of aromatic nitrogens is 4. The molecule has 14 heteroatoms. The molecule has 1 atom stereocenters. The molecule has 0 spiro atoms. The Bertz CT molecular complexity index is 1330. The summed E-state index contributed by atoms with van der Waals surface area (Å²) in [5.41, 5.74) is 5.19. The minimum absolute atomic E-state index is 0.113. The van der Waals surface area contributed by atoms with E-state index in [-0.39, 0.29) is 55.9 Å². The van der Waals surface area contributed by atoms with Crippen molar-refractivity contribution in [2.45, 2.75) is 12.2 Å². The Kier molecular flexibility index (Phi) is 6.47. The molecule has 4 rings (SSSR count). The van der Waals surface area contributed by atoms with Crippen LogP contribution in [0.2, 0.25) is 10.0 Å². The van der Waals surface area contributed by atoms with E-state index >= 15 is 0 Å². The number of alkyl halides is 3. The van der Waals surface area contributed by atoms with Crippen molar-refractivity contribution in [2.24, 2.45) is 5.73 Å². The SMILES string of the molecule is N[C@H](CO)COc1cc(Cl)c(-c2nnc(-c3cn4cc(C(F)(F)F)cc(Cl)c4n3)s2)cc1F. The molecule has 0 unspecified atom stereocenters. The maximum Gasteiger partial charge on any atom is 0.417 e. The van der Waals surface area contributed by atoms with Crippen molar-refractivity contribution in [3.05, 3.63) is 52.0 Å². The molecule has 0 aliphatic heterocycles. The van der Waals surface area contributed by atoms with Gasteiger partial charge in [0.2, 0.25) is 0 Å². The van der Waals surface area contributed by atoms with Gasteiger partial charge in [0.15, 0.2) is 22.2 Å². The van der Waals surface area contributed by atoms with Gasteiger partial charge in [0.05, 0.1) is 28.3 Å². The maximum atomic E-state index is 14.5.